The zero-order chi connectivity index (χ0) is 45.9. The van der Waals surface area contributed by atoms with Gasteiger partial charge in [-0.2, -0.15) is 0 Å². The van der Waals surface area contributed by atoms with Gasteiger partial charge in [-0.25, -0.2) is 0 Å². The normalized spacial score (nSPS) is 27.5. The fourth-order valence-corrected chi connectivity index (χ4v) is 7.18. The Morgan fingerprint density at radius 2 is 0.968 bits per heavy atom. The van der Waals surface area contributed by atoms with Crippen LogP contribution in [0.25, 0.3) is 0 Å². The van der Waals surface area contributed by atoms with E-state index < -0.39 is 86.7 Å². The molecule has 2 fully saturated rings. The van der Waals surface area contributed by atoms with Gasteiger partial charge in [-0.1, -0.05) is 158 Å². The molecule has 0 aromatic carbocycles. The highest BCUT2D eigenvalue weighted by Crippen LogP contribution is 2.26. The van der Waals surface area contributed by atoms with Crippen molar-refractivity contribution in [2.24, 2.45) is 0 Å². The molecule has 0 amide bonds. The van der Waals surface area contributed by atoms with Crippen molar-refractivity contribution in [2.75, 3.05) is 33.0 Å². The average molecular weight is 897 g/mol. The highest BCUT2D eigenvalue weighted by Gasteiger charge is 2.47. The number of esters is 1. The predicted octanol–water partition coefficient (Wildman–Crippen LogP) is 6.18. The largest absolute Gasteiger partial charge is 0.457 e. The topological polar surface area (TPSA) is 214 Å². The third kappa shape index (κ3) is 25.3. The van der Waals surface area contributed by atoms with Gasteiger partial charge in [0.05, 0.1) is 32.8 Å². The highest BCUT2D eigenvalue weighted by molar-refractivity contribution is 5.71. The van der Waals surface area contributed by atoms with Crippen molar-refractivity contribution in [2.45, 2.75) is 210 Å². The van der Waals surface area contributed by atoms with Gasteiger partial charge < -0.3 is 64.2 Å². The minimum Gasteiger partial charge on any atom is -0.457 e. The first-order valence-corrected chi connectivity index (χ1v) is 23.9. The number of allylic oxidation sites excluding steroid dienone is 9. The number of carbonyl (C=O) groups is 1. The molecule has 0 aliphatic carbocycles. The van der Waals surface area contributed by atoms with Gasteiger partial charge in [-0.15, -0.1) is 0 Å². The summed E-state index contributed by atoms with van der Waals surface area (Å²) in [6.07, 6.45) is 26.0. The zero-order valence-corrected chi connectivity index (χ0v) is 38.3. The first-order valence-electron chi connectivity index (χ1n) is 23.9. The molecule has 0 aromatic rings. The lowest BCUT2D eigenvalue weighted by Gasteiger charge is -2.42. The summed E-state index contributed by atoms with van der Waals surface area (Å²) in [6, 6.07) is 0. The van der Waals surface area contributed by atoms with Crippen molar-refractivity contribution in [3.63, 3.8) is 0 Å². The Morgan fingerprint density at radius 3 is 1.48 bits per heavy atom. The smallest absolute Gasteiger partial charge is 0.310 e. The van der Waals surface area contributed by atoms with E-state index in [0.29, 0.717) is 13.0 Å². The number of rotatable bonds is 36. The van der Waals surface area contributed by atoms with Crippen LogP contribution in [0.2, 0.25) is 0 Å². The molecule has 11 atom stereocenters. The third-order valence-electron chi connectivity index (χ3n) is 11.1. The van der Waals surface area contributed by atoms with E-state index >= 15 is 0 Å². The lowest BCUT2D eigenvalue weighted by Crippen LogP contribution is -2.61. The summed E-state index contributed by atoms with van der Waals surface area (Å²) in [5.74, 6) is -0.503. The molecule has 63 heavy (non-hydrogen) atoms. The van der Waals surface area contributed by atoms with Crippen LogP contribution in [0, 0.1) is 0 Å². The monoisotopic (exact) mass is 897 g/mol. The van der Waals surface area contributed by atoms with Crippen LogP contribution in [-0.4, -0.2) is 142 Å². The maximum atomic E-state index is 12.9. The summed E-state index contributed by atoms with van der Waals surface area (Å²) in [4.78, 5) is 12.9. The van der Waals surface area contributed by atoms with Crippen LogP contribution < -0.4 is 0 Å². The molecule has 0 bridgehead atoms. The van der Waals surface area contributed by atoms with Gasteiger partial charge in [0.15, 0.2) is 12.6 Å². The second-order valence-electron chi connectivity index (χ2n) is 16.6. The number of unbranched alkanes of at least 4 members (excludes halogenated alkanes) is 13. The molecule has 11 unspecified atom stereocenters. The summed E-state index contributed by atoms with van der Waals surface area (Å²) in [5, 5.41) is 72.0. The first-order chi connectivity index (χ1) is 30.6. The number of carbonyl (C=O) groups excluding carboxylic acids is 1. The van der Waals surface area contributed by atoms with Crippen LogP contribution in [0.3, 0.4) is 0 Å². The molecule has 364 valence electrons. The third-order valence-corrected chi connectivity index (χ3v) is 11.1. The number of aliphatic hydroxyl groups excluding tert-OH is 7. The predicted molar refractivity (Wildman–Crippen MR) is 242 cm³/mol. The molecule has 0 aromatic heterocycles. The quantitative estimate of drug-likeness (QED) is 0.0213. The van der Waals surface area contributed by atoms with Crippen molar-refractivity contribution in [1.82, 2.24) is 0 Å². The maximum absolute atomic E-state index is 12.9. The maximum Gasteiger partial charge on any atom is 0.310 e. The Bertz CT molecular complexity index is 1270. The lowest BCUT2D eigenvalue weighted by molar-refractivity contribution is -0.332. The molecule has 2 heterocycles. The van der Waals surface area contributed by atoms with Gasteiger partial charge in [0.2, 0.25) is 0 Å². The second kappa shape index (κ2) is 36.9. The summed E-state index contributed by atoms with van der Waals surface area (Å²) >= 11 is 0. The Hall–Kier alpha value is -2.31. The molecule has 2 rings (SSSR count). The summed E-state index contributed by atoms with van der Waals surface area (Å²) in [5.41, 5.74) is 0. The summed E-state index contributed by atoms with van der Waals surface area (Å²) in [7, 11) is 0. The van der Waals surface area contributed by atoms with Crippen molar-refractivity contribution in [3.05, 3.63) is 60.8 Å². The fraction of sp³-hybridized carbons (Fsp3) is 0.776. The molecule has 0 spiro atoms. The van der Waals surface area contributed by atoms with Gasteiger partial charge in [0, 0.05) is 6.61 Å². The molecule has 2 aliphatic rings. The van der Waals surface area contributed by atoms with E-state index in [2.05, 4.69) is 56.4 Å². The van der Waals surface area contributed by atoms with Crippen LogP contribution in [0.5, 0.6) is 0 Å². The summed E-state index contributed by atoms with van der Waals surface area (Å²) < 4.78 is 34.0. The van der Waals surface area contributed by atoms with E-state index in [1.807, 2.05) is 12.2 Å². The van der Waals surface area contributed by atoms with Gasteiger partial charge in [-0.3, -0.25) is 4.79 Å². The Balaban J connectivity index is 1.84. The molecular formula is C49H84O14. The number of hydrogen-bond donors (Lipinski definition) is 7. The van der Waals surface area contributed by atoms with E-state index in [4.69, 9.17) is 28.4 Å². The van der Waals surface area contributed by atoms with Gasteiger partial charge >= 0.3 is 5.97 Å². The van der Waals surface area contributed by atoms with Crippen molar-refractivity contribution >= 4 is 5.97 Å². The number of ether oxygens (including phenoxy) is 6. The van der Waals surface area contributed by atoms with Crippen molar-refractivity contribution in [1.29, 1.82) is 0 Å². The minimum absolute atomic E-state index is 0.0213. The van der Waals surface area contributed by atoms with Crippen LogP contribution in [0.15, 0.2) is 60.8 Å². The highest BCUT2D eigenvalue weighted by atomic mass is 16.7. The summed E-state index contributed by atoms with van der Waals surface area (Å²) in [6.45, 7) is 3.43. The average Bonchev–Trinajstić information content (AvgIpc) is 3.28. The molecule has 14 heteroatoms. The lowest BCUT2D eigenvalue weighted by atomic mass is 9.98. The van der Waals surface area contributed by atoms with E-state index in [1.165, 1.54) is 70.6 Å². The van der Waals surface area contributed by atoms with Crippen LogP contribution in [0.4, 0.5) is 0 Å². The van der Waals surface area contributed by atoms with Gasteiger partial charge in [-0.05, 0) is 38.5 Å². The van der Waals surface area contributed by atoms with Crippen LogP contribution >= 0.6 is 0 Å². The van der Waals surface area contributed by atoms with E-state index in [-0.39, 0.29) is 19.6 Å². The number of aliphatic hydroxyl groups is 7. The molecular weight excluding hydrogens is 813 g/mol. The van der Waals surface area contributed by atoms with Crippen LogP contribution in [-0.2, 0) is 33.2 Å². The molecule has 2 saturated heterocycles. The van der Waals surface area contributed by atoms with E-state index in [0.717, 1.165) is 44.9 Å². The fourth-order valence-electron chi connectivity index (χ4n) is 7.18. The molecule has 2 aliphatic heterocycles. The van der Waals surface area contributed by atoms with Gasteiger partial charge in [0.25, 0.3) is 0 Å². The molecule has 14 nitrogen and oxygen atoms in total. The molecule has 0 saturated carbocycles. The van der Waals surface area contributed by atoms with Crippen molar-refractivity contribution in [3.8, 4) is 0 Å². The zero-order valence-electron chi connectivity index (χ0n) is 38.3. The Morgan fingerprint density at radius 1 is 0.524 bits per heavy atom. The standard InChI is InChI=1S/C49H84O14/c1-3-5-7-9-11-13-15-17-19-20-22-24-26-28-30-32-41(51)61-38(35-58-33-31-29-27-25-23-21-18-16-14-12-10-8-6-4-2)36-59-48-47(57)45(55)43(53)40(63-48)37-60-49-46(56)44(54)42(52)39(34-50)62-49/h5,7,11,13,17,19,22,24,28,30,38-40,42-50,52-57H,3-4,6,8-10,12,14-16,18,20-21,23,25-27,29,31-37H2,1-2H3/b7-5-,13-11-,19-17-,24-22-,30-28-. The number of hydrogen-bond acceptors (Lipinski definition) is 14. The van der Waals surface area contributed by atoms with E-state index in [1.54, 1.807) is 6.08 Å². The second-order valence-corrected chi connectivity index (χ2v) is 16.6. The van der Waals surface area contributed by atoms with Crippen molar-refractivity contribution < 1.29 is 69.0 Å². The molecule has 0 radical (unpaired) electrons. The Labute approximate surface area is 377 Å². The minimum atomic E-state index is -1.72. The van der Waals surface area contributed by atoms with E-state index in [9.17, 15) is 40.5 Å². The SMILES string of the molecule is CC/C=C\C/C=C\C/C=C\C/C=C\C/C=C\CC(=O)OC(COCCCCCCCCCCCCCCCC)COC1OC(COC2OC(CO)C(O)C(O)C2O)C(O)C(O)C1O. The Kier molecular flexibility index (Phi) is 33.2. The van der Waals surface area contributed by atoms with Gasteiger partial charge in [0.1, 0.15) is 54.9 Å². The van der Waals surface area contributed by atoms with Crippen LogP contribution in [0.1, 0.15) is 142 Å². The first kappa shape index (κ1) is 56.8. The molecule has 7 N–H and O–H groups in total.